The lowest BCUT2D eigenvalue weighted by Crippen LogP contribution is -2.12. The molecule has 0 saturated carbocycles. The highest BCUT2D eigenvalue weighted by Gasteiger charge is 2.11. The van der Waals surface area contributed by atoms with Crippen LogP contribution in [-0.4, -0.2) is 26.3 Å². The predicted molar refractivity (Wildman–Crippen MR) is 45.6 cm³/mol. The highest BCUT2D eigenvalue weighted by atomic mass is 16.4. The Morgan fingerprint density at radius 3 is 3.07 bits per heavy atom. The van der Waals surface area contributed by atoms with Crippen LogP contribution in [0.5, 0.6) is 0 Å². The van der Waals surface area contributed by atoms with E-state index in [1.54, 1.807) is 6.92 Å². The van der Waals surface area contributed by atoms with Gasteiger partial charge in [0.1, 0.15) is 6.26 Å². The number of H-pyrrole nitrogens is 1. The normalized spacial score (nSPS) is 10.1. The van der Waals surface area contributed by atoms with Gasteiger partial charge in [-0.25, -0.2) is 0 Å². The van der Waals surface area contributed by atoms with E-state index in [1.165, 1.54) is 12.5 Å². The molecule has 0 aromatic carbocycles. The van der Waals surface area contributed by atoms with Crippen LogP contribution in [0.15, 0.2) is 16.9 Å². The highest BCUT2D eigenvalue weighted by molar-refractivity contribution is 6.01. The molecule has 0 saturated heterocycles. The zero-order valence-electron chi connectivity index (χ0n) is 7.31. The minimum Gasteiger partial charge on any atom is -0.432 e. The van der Waals surface area contributed by atoms with E-state index >= 15 is 0 Å². The van der Waals surface area contributed by atoms with Gasteiger partial charge in [0.2, 0.25) is 0 Å². The fourth-order valence-electron chi connectivity index (χ4n) is 0.884. The van der Waals surface area contributed by atoms with Gasteiger partial charge in [-0.3, -0.25) is 10.1 Å². The summed E-state index contributed by atoms with van der Waals surface area (Å²) in [7, 11) is 0. The number of carbonyl (C=O) groups excluding carboxylic acids is 1. The number of carbonyl (C=O) groups is 1. The highest BCUT2D eigenvalue weighted by Crippen LogP contribution is 2.06. The van der Waals surface area contributed by atoms with E-state index in [2.05, 4.69) is 25.7 Å². The van der Waals surface area contributed by atoms with Crippen molar-refractivity contribution in [1.82, 2.24) is 20.4 Å². The summed E-state index contributed by atoms with van der Waals surface area (Å²) in [6, 6.07) is 0.149. The predicted octanol–water partition coefficient (Wildman–Crippen LogP) is 0.353. The second kappa shape index (κ2) is 3.29. The summed E-state index contributed by atoms with van der Waals surface area (Å²) in [5, 5.41) is 11.9. The summed E-state index contributed by atoms with van der Waals surface area (Å²) in [5.74, 6) is -0.416. The first kappa shape index (κ1) is 8.42. The van der Waals surface area contributed by atoms with Crippen LogP contribution in [-0.2, 0) is 0 Å². The minimum absolute atomic E-state index is 0.149. The van der Waals surface area contributed by atoms with Gasteiger partial charge < -0.3 is 4.42 Å². The van der Waals surface area contributed by atoms with E-state index in [9.17, 15) is 4.79 Å². The zero-order valence-corrected chi connectivity index (χ0v) is 7.31. The van der Waals surface area contributed by atoms with Gasteiger partial charge in [0.25, 0.3) is 5.91 Å². The first-order valence-electron chi connectivity index (χ1n) is 3.85. The van der Waals surface area contributed by atoms with Crippen molar-refractivity contribution in [3.63, 3.8) is 0 Å². The fraction of sp³-hybridized carbons (Fsp3) is 0.143. The van der Waals surface area contributed by atoms with Crippen molar-refractivity contribution in [2.45, 2.75) is 6.92 Å². The molecule has 0 aliphatic heterocycles. The summed E-state index contributed by atoms with van der Waals surface area (Å²) in [5.41, 5.74) is 0.876. The third-order valence-electron chi connectivity index (χ3n) is 1.49. The molecule has 1 amide bonds. The Labute approximate surface area is 78.5 Å². The van der Waals surface area contributed by atoms with E-state index in [-0.39, 0.29) is 11.7 Å². The van der Waals surface area contributed by atoms with Crippen molar-refractivity contribution in [2.24, 2.45) is 0 Å². The number of anilines is 1. The molecule has 2 heterocycles. The first-order valence-corrected chi connectivity index (χ1v) is 3.85. The standard InChI is InChI=1S/C7H7N5O2/c1-4-3-14-7(9-4)10-6(13)5-2-8-12-11-5/h2-3H,1H3,(H,8,11,12)(H,9,10,13). The number of amides is 1. The maximum Gasteiger partial charge on any atom is 0.301 e. The molecule has 7 heteroatoms. The molecule has 0 aliphatic carbocycles. The second-order valence-electron chi connectivity index (χ2n) is 2.60. The lowest BCUT2D eigenvalue weighted by Gasteiger charge is -1.94. The lowest BCUT2D eigenvalue weighted by molar-refractivity contribution is 0.101. The molecular formula is C7H7N5O2. The molecule has 2 rings (SSSR count). The number of rotatable bonds is 2. The Morgan fingerprint density at radius 1 is 1.64 bits per heavy atom. The van der Waals surface area contributed by atoms with Crippen LogP contribution in [0.4, 0.5) is 6.01 Å². The molecule has 0 bridgehead atoms. The molecule has 2 N–H and O–H groups in total. The first-order chi connectivity index (χ1) is 6.75. The van der Waals surface area contributed by atoms with Gasteiger partial charge in [0.15, 0.2) is 5.69 Å². The number of aryl methyl sites for hydroxylation is 1. The molecule has 0 atom stereocenters. The quantitative estimate of drug-likeness (QED) is 0.717. The monoisotopic (exact) mass is 193 g/mol. The SMILES string of the molecule is Cc1coc(NC(=O)c2cn[nH]n2)n1. The van der Waals surface area contributed by atoms with Gasteiger partial charge in [-0.2, -0.15) is 20.4 Å². The van der Waals surface area contributed by atoms with Crippen molar-refractivity contribution in [3.05, 3.63) is 23.8 Å². The molecule has 0 fully saturated rings. The molecule has 72 valence electrons. The summed E-state index contributed by atoms with van der Waals surface area (Å²) in [6.45, 7) is 1.76. The molecule has 0 aliphatic rings. The molecule has 0 unspecified atom stereocenters. The number of nitrogens with zero attached hydrogens (tertiary/aromatic N) is 3. The van der Waals surface area contributed by atoms with Crippen LogP contribution >= 0.6 is 0 Å². The molecule has 0 radical (unpaired) electrons. The maximum absolute atomic E-state index is 11.4. The molecular weight excluding hydrogens is 186 g/mol. The van der Waals surface area contributed by atoms with Gasteiger partial charge in [-0.05, 0) is 6.92 Å². The third kappa shape index (κ3) is 1.60. The summed E-state index contributed by atoms with van der Waals surface area (Å²) >= 11 is 0. The Bertz CT molecular complexity index is 433. The van der Waals surface area contributed by atoms with Crippen LogP contribution in [0.1, 0.15) is 16.2 Å². The molecule has 14 heavy (non-hydrogen) atoms. The number of nitrogens with one attached hydrogen (secondary N) is 2. The maximum atomic E-state index is 11.4. The van der Waals surface area contributed by atoms with Gasteiger partial charge in [-0.15, -0.1) is 0 Å². The van der Waals surface area contributed by atoms with E-state index in [4.69, 9.17) is 4.42 Å². The van der Waals surface area contributed by atoms with Gasteiger partial charge in [0.05, 0.1) is 11.9 Å². The van der Waals surface area contributed by atoms with Gasteiger partial charge >= 0.3 is 6.01 Å². The van der Waals surface area contributed by atoms with Crippen LogP contribution in [0.3, 0.4) is 0 Å². The van der Waals surface area contributed by atoms with E-state index in [0.29, 0.717) is 5.69 Å². The van der Waals surface area contributed by atoms with Crippen molar-refractivity contribution >= 4 is 11.9 Å². The minimum atomic E-state index is -0.416. The average Bonchev–Trinajstić information content (AvgIpc) is 2.75. The van der Waals surface area contributed by atoms with E-state index in [0.717, 1.165) is 0 Å². The van der Waals surface area contributed by atoms with Gasteiger partial charge in [-0.1, -0.05) is 0 Å². The summed E-state index contributed by atoms with van der Waals surface area (Å²) < 4.78 is 4.93. The van der Waals surface area contributed by atoms with Crippen LogP contribution in [0.25, 0.3) is 0 Å². The number of oxazole rings is 1. The Balaban J connectivity index is 2.09. The van der Waals surface area contributed by atoms with E-state index in [1.807, 2.05) is 0 Å². The lowest BCUT2D eigenvalue weighted by atomic mass is 10.4. The number of hydrogen-bond donors (Lipinski definition) is 2. The van der Waals surface area contributed by atoms with Crippen LogP contribution < -0.4 is 5.32 Å². The van der Waals surface area contributed by atoms with Crippen molar-refractivity contribution in [1.29, 1.82) is 0 Å². The van der Waals surface area contributed by atoms with Crippen molar-refractivity contribution in [2.75, 3.05) is 5.32 Å². The largest absolute Gasteiger partial charge is 0.432 e. The second-order valence-corrected chi connectivity index (χ2v) is 2.60. The Morgan fingerprint density at radius 2 is 2.50 bits per heavy atom. The Hall–Kier alpha value is -2.18. The van der Waals surface area contributed by atoms with E-state index < -0.39 is 5.91 Å². The zero-order chi connectivity index (χ0) is 9.97. The number of hydrogen-bond acceptors (Lipinski definition) is 5. The third-order valence-corrected chi connectivity index (χ3v) is 1.49. The molecule has 7 nitrogen and oxygen atoms in total. The smallest absolute Gasteiger partial charge is 0.301 e. The average molecular weight is 193 g/mol. The van der Waals surface area contributed by atoms with Crippen molar-refractivity contribution < 1.29 is 9.21 Å². The van der Waals surface area contributed by atoms with Crippen molar-refractivity contribution in [3.8, 4) is 0 Å². The molecule has 2 aromatic heterocycles. The van der Waals surface area contributed by atoms with Crippen LogP contribution in [0, 0.1) is 6.92 Å². The van der Waals surface area contributed by atoms with Gasteiger partial charge in [0, 0.05) is 0 Å². The Kier molecular flexibility index (Phi) is 1.98. The summed E-state index contributed by atoms with van der Waals surface area (Å²) in [4.78, 5) is 15.3. The molecule has 2 aromatic rings. The molecule has 0 spiro atoms. The number of aromatic nitrogens is 4. The van der Waals surface area contributed by atoms with Crippen LogP contribution in [0.2, 0.25) is 0 Å². The topological polar surface area (TPSA) is 96.7 Å². The fourth-order valence-corrected chi connectivity index (χ4v) is 0.884. The number of aromatic amines is 1. The summed E-state index contributed by atoms with van der Waals surface area (Å²) in [6.07, 6.45) is 2.75.